The van der Waals surface area contributed by atoms with E-state index in [-0.39, 0.29) is 5.97 Å². The molecule has 0 spiro atoms. The van der Waals surface area contributed by atoms with Gasteiger partial charge in [-0.2, -0.15) is 0 Å². The first kappa shape index (κ1) is 20.6. The third-order valence-corrected chi connectivity index (χ3v) is 11.6. The van der Waals surface area contributed by atoms with Crippen LogP contribution in [0.1, 0.15) is 40.0 Å². The summed E-state index contributed by atoms with van der Waals surface area (Å²) in [6, 6.07) is 3.54. The lowest BCUT2D eigenvalue weighted by Gasteiger charge is -2.37. The van der Waals surface area contributed by atoms with Crippen LogP contribution in [0.5, 0.6) is 0 Å². The first-order chi connectivity index (χ1) is 9.66. The fraction of sp³-hybridized carbons (Fsp3) is 0.812. The Morgan fingerprint density at radius 3 is 1.95 bits per heavy atom. The molecule has 0 bridgehead atoms. The molecule has 0 aliphatic heterocycles. The second-order valence-electron chi connectivity index (χ2n) is 6.92. The quantitative estimate of drug-likeness (QED) is 0.228. The molecule has 124 valence electrons. The average molecular weight is 331 g/mol. The summed E-state index contributed by atoms with van der Waals surface area (Å²) < 4.78 is 11.9. The second-order valence-corrected chi connectivity index (χ2v) is 15.8. The highest BCUT2D eigenvalue weighted by Gasteiger charge is 2.36. The number of hydrogen-bond donors (Lipinski definition) is 0. The van der Waals surface area contributed by atoms with Gasteiger partial charge in [0.05, 0.1) is 6.61 Å². The largest absolute Gasteiger partial charge is 0.462 e. The summed E-state index contributed by atoms with van der Waals surface area (Å²) in [6.07, 6.45) is 3.28. The topological polar surface area (TPSA) is 35.5 Å². The van der Waals surface area contributed by atoms with E-state index in [1.54, 1.807) is 6.92 Å². The van der Waals surface area contributed by atoms with Crippen LogP contribution >= 0.6 is 0 Å². The maximum absolute atomic E-state index is 11.4. The van der Waals surface area contributed by atoms with Gasteiger partial charge in [-0.1, -0.05) is 33.3 Å². The summed E-state index contributed by atoms with van der Waals surface area (Å²) in [5.41, 5.74) is 0.471. The van der Waals surface area contributed by atoms with Gasteiger partial charge in [0.2, 0.25) is 0 Å². The van der Waals surface area contributed by atoms with Gasteiger partial charge in [0, 0.05) is 5.57 Å². The standard InChI is InChI=1S/C16H34O3Si2/c1-8-12-21(13-9-2,19-20(5,6)7)14-10-11-18-16(17)15(3)4/h3,8-14H2,1-2,4-7H3. The van der Waals surface area contributed by atoms with Crippen LogP contribution in [0.4, 0.5) is 0 Å². The van der Waals surface area contributed by atoms with Gasteiger partial charge in [0.15, 0.2) is 16.6 Å². The predicted octanol–water partition coefficient (Wildman–Crippen LogP) is 5.11. The second kappa shape index (κ2) is 9.59. The van der Waals surface area contributed by atoms with Crippen LogP contribution in [0, 0.1) is 0 Å². The van der Waals surface area contributed by atoms with E-state index in [9.17, 15) is 4.79 Å². The van der Waals surface area contributed by atoms with Crippen LogP contribution in [-0.4, -0.2) is 29.2 Å². The van der Waals surface area contributed by atoms with Gasteiger partial charge in [0.1, 0.15) is 0 Å². The minimum absolute atomic E-state index is 0.278. The van der Waals surface area contributed by atoms with Gasteiger partial charge in [-0.05, 0) is 51.1 Å². The van der Waals surface area contributed by atoms with Gasteiger partial charge in [-0.25, -0.2) is 4.79 Å². The first-order valence-corrected chi connectivity index (χ1v) is 14.1. The third-order valence-electron chi connectivity index (χ3n) is 3.29. The van der Waals surface area contributed by atoms with Crippen molar-refractivity contribution in [1.29, 1.82) is 0 Å². The summed E-state index contributed by atoms with van der Waals surface area (Å²) in [4.78, 5) is 11.4. The first-order valence-electron chi connectivity index (χ1n) is 8.18. The molecule has 3 nitrogen and oxygen atoms in total. The molecular formula is C16H34O3Si2. The zero-order chi connectivity index (χ0) is 16.5. The van der Waals surface area contributed by atoms with E-state index in [1.807, 2.05) is 0 Å². The number of carbonyl (C=O) groups is 1. The average Bonchev–Trinajstić information content (AvgIpc) is 2.32. The Morgan fingerprint density at radius 2 is 1.57 bits per heavy atom. The molecule has 0 N–H and O–H groups in total. The number of esters is 1. The van der Waals surface area contributed by atoms with E-state index in [4.69, 9.17) is 8.85 Å². The van der Waals surface area contributed by atoms with Gasteiger partial charge in [0.25, 0.3) is 0 Å². The molecule has 0 unspecified atom stereocenters. The van der Waals surface area contributed by atoms with Crippen molar-refractivity contribution in [1.82, 2.24) is 0 Å². The van der Waals surface area contributed by atoms with Gasteiger partial charge < -0.3 is 8.85 Å². The smallest absolute Gasteiger partial charge is 0.333 e. The molecule has 0 aromatic heterocycles. The monoisotopic (exact) mass is 330 g/mol. The van der Waals surface area contributed by atoms with Crippen LogP contribution in [0.25, 0.3) is 0 Å². The van der Waals surface area contributed by atoms with Crippen molar-refractivity contribution in [2.45, 2.75) is 77.8 Å². The Balaban J connectivity index is 4.58. The van der Waals surface area contributed by atoms with E-state index in [2.05, 4.69) is 40.1 Å². The Labute approximate surface area is 133 Å². The fourth-order valence-corrected chi connectivity index (χ4v) is 12.6. The molecule has 0 aliphatic rings. The fourth-order valence-electron chi connectivity index (χ4n) is 2.77. The maximum Gasteiger partial charge on any atom is 0.333 e. The zero-order valence-electron chi connectivity index (χ0n) is 14.9. The number of carbonyl (C=O) groups excluding carboxylic acids is 1. The molecular weight excluding hydrogens is 296 g/mol. The molecule has 5 heteroatoms. The van der Waals surface area contributed by atoms with Gasteiger partial charge in [-0.15, -0.1) is 0 Å². The molecule has 0 atom stereocenters. The highest BCUT2D eigenvalue weighted by Crippen LogP contribution is 2.30. The van der Waals surface area contributed by atoms with Crippen LogP contribution in [0.3, 0.4) is 0 Å². The van der Waals surface area contributed by atoms with Crippen LogP contribution < -0.4 is 0 Å². The molecule has 0 amide bonds. The summed E-state index contributed by atoms with van der Waals surface area (Å²) in [5.74, 6) is -0.278. The van der Waals surface area contributed by atoms with E-state index in [1.165, 1.54) is 24.9 Å². The van der Waals surface area contributed by atoms with Crippen molar-refractivity contribution in [3.63, 3.8) is 0 Å². The van der Waals surface area contributed by atoms with E-state index >= 15 is 0 Å². The molecule has 0 radical (unpaired) electrons. The molecule has 0 rings (SSSR count). The molecule has 0 aromatic rings. The highest BCUT2D eigenvalue weighted by molar-refractivity contribution is 6.85. The summed E-state index contributed by atoms with van der Waals surface area (Å²) in [6.45, 7) is 17.1. The van der Waals surface area contributed by atoms with Crippen LogP contribution in [0.2, 0.25) is 37.8 Å². The lowest BCUT2D eigenvalue weighted by molar-refractivity contribution is -0.138. The Bertz CT molecular complexity index is 329. The lowest BCUT2D eigenvalue weighted by atomic mass is 10.4. The lowest BCUT2D eigenvalue weighted by Crippen LogP contribution is -2.47. The third kappa shape index (κ3) is 9.27. The van der Waals surface area contributed by atoms with Crippen molar-refractivity contribution in [2.24, 2.45) is 0 Å². The maximum atomic E-state index is 11.4. The van der Waals surface area contributed by atoms with E-state index < -0.39 is 16.6 Å². The van der Waals surface area contributed by atoms with Crippen LogP contribution in [0.15, 0.2) is 12.2 Å². The van der Waals surface area contributed by atoms with Crippen molar-refractivity contribution < 1.29 is 13.6 Å². The van der Waals surface area contributed by atoms with Gasteiger partial charge in [-0.3, -0.25) is 0 Å². The van der Waals surface area contributed by atoms with Crippen molar-refractivity contribution in [2.75, 3.05) is 6.61 Å². The predicted molar refractivity (Wildman–Crippen MR) is 95.6 cm³/mol. The minimum atomic E-state index is -1.68. The number of rotatable bonds is 11. The number of hydrogen-bond acceptors (Lipinski definition) is 3. The normalized spacial score (nSPS) is 12.3. The SMILES string of the molecule is C=C(C)C(=O)OCCC[Si](CCC)(CCC)O[Si](C)(C)C. The van der Waals surface area contributed by atoms with Crippen LogP contribution in [-0.2, 0) is 13.6 Å². The van der Waals surface area contributed by atoms with E-state index in [0.29, 0.717) is 12.2 Å². The molecule has 0 aliphatic carbocycles. The Morgan fingerprint density at radius 1 is 1.05 bits per heavy atom. The Kier molecular flexibility index (Phi) is 9.41. The minimum Gasteiger partial charge on any atom is -0.462 e. The number of ether oxygens (including phenoxy) is 1. The molecule has 21 heavy (non-hydrogen) atoms. The molecule has 0 fully saturated rings. The highest BCUT2D eigenvalue weighted by atomic mass is 28.4. The van der Waals surface area contributed by atoms with E-state index in [0.717, 1.165) is 12.5 Å². The molecule has 0 heterocycles. The van der Waals surface area contributed by atoms with Crippen molar-refractivity contribution in [3.8, 4) is 0 Å². The van der Waals surface area contributed by atoms with Gasteiger partial charge >= 0.3 is 5.97 Å². The summed E-state index contributed by atoms with van der Waals surface area (Å²) >= 11 is 0. The molecule has 0 saturated heterocycles. The summed E-state index contributed by atoms with van der Waals surface area (Å²) in [7, 11) is -3.21. The zero-order valence-corrected chi connectivity index (χ0v) is 16.9. The summed E-state index contributed by atoms with van der Waals surface area (Å²) in [5, 5.41) is 0. The Hall–Kier alpha value is -0.396. The molecule has 0 aromatic carbocycles. The van der Waals surface area contributed by atoms with Crippen molar-refractivity contribution >= 4 is 22.6 Å². The molecule has 0 saturated carbocycles. The van der Waals surface area contributed by atoms with Crippen molar-refractivity contribution in [3.05, 3.63) is 12.2 Å².